The van der Waals surface area contributed by atoms with Gasteiger partial charge in [-0.15, -0.1) is 11.3 Å². The Morgan fingerprint density at radius 3 is 2.09 bits per heavy atom. The Kier molecular flexibility index (Phi) is 30.0. The lowest BCUT2D eigenvalue weighted by Gasteiger charge is -2.25. The van der Waals surface area contributed by atoms with Gasteiger partial charge in [-0.3, -0.25) is 9.52 Å². The Labute approximate surface area is 299 Å². The summed E-state index contributed by atoms with van der Waals surface area (Å²) in [6.45, 7) is 17.6. The highest BCUT2D eigenvalue weighted by atomic mass is 35.5. The third kappa shape index (κ3) is 20.1. The molecule has 3 N–H and O–H groups in total. The van der Waals surface area contributed by atoms with Crippen LogP contribution in [-0.4, -0.2) is 56.7 Å². The first-order valence-electron chi connectivity index (χ1n) is 16.3. The number of carbonyl (C=O) groups excluding carboxylic acids is 1. The molecule has 0 spiro atoms. The Bertz CT molecular complexity index is 1120. The summed E-state index contributed by atoms with van der Waals surface area (Å²) in [7, 11) is 4.53. The number of aryl methyl sites for hydroxylation is 1. The maximum absolute atomic E-state index is 9.72. The van der Waals surface area contributed by atoms with Gasteiger partial charge in [-0.05, 0) is 76.5 Å². The van der Waals surface area contributed by atoms with Crippen LogP contribution in [-0.2, 0) is 20.9 Å². The molecule has 1 aliphatic rings. The first-order valence-corrected chi connectivity index (χ1v) is 18.3. The minimum atomic E-state index is -0.191. The highest BCUT2D eigenvalue weighted by Crippen LogP contribution is 2.34. The molecule has 268 valence electrons. The second kappa shape index (κ2) is 30.0. The van der Waals surface area contributed by atoms with Crippen molar-refractivity contribution in [3.8, 4) is 0 Å². The van der Waals surface area contributed by atoms with E-state index in [2.05, 4.69) is 40.0 Å². The zero-order valence-electron chi connectivity index (χ0n) is 30.2. The molecular formula is C37H61ClN2O5S2. The molecule has 10 heteroatoms. The van der Waals surface area contributed by atoms with Crippen molar-refractivity contribution in [1.29, 1.82) is 0 Å². The molecule has 1 fully saturated rings. The minimum Gasteiger partial charge on any atom is -0.468 e. The molecule has 1 aliphatic carbocycles. The number of hydrogen-bond acceptors (Lipinski definition) is 9. The molecule has 0 atom stereocenters. The number of nitrogens with one attached hydrogen (secondary N) is 1. The number of carbonyl (C=O) groups is 1. The molecule has 1 saturated carbocycles. The third-order valence-electron chi connectivity index (χ3n) is 6.94. The number of benzene rings is 1. The zero-order valence-corrected chi connectivity index (χ0v) is 32.6. The summed E-state index contributed by atoms with van der Waals surface area (Å²) < 4.78 is 12.7. The van der Waals surface area contributed by atoms with Gasteiger partial charge in [0.2, 0.25) is 0 Å². The molecule has 7 nitrogen and oxygen atoms in total. The van der Waals surface area contributed by atoms with Gasteiger partial charge in [-0.25, -0.2) is 0 Å². The normalized spacial score (nSPS) is 13.0. The lowest BCUT2D eigenvalue weighted by atomic mass is 10.0. The standard InChI is InChI=1S/C21H25ClN2OS2.C7H14O3.C6H12.C2H6.CH4O/c1-5-17(19-12-15(3)20(14-25)26-19)18(22)13-21(27-23-4)24(6-2)16-10-8-7-9-11-16;1-7(2,9-3)4-5-10-6-8;1-2-4-6-5-3-1;2*1-2/h5,7-13,23,25H,1,6,14H2,2-4H3;6H,4-5H2,1-3H3;1-6H2;1-2H3;2H,1H3/b18-17-,21-13-;;;;. The van der Waals surface area contributed by atoms with E-state index in [1.54, 1.807) is 24.5 Å². The van der Waals surface area contributed by atoms with E-state index in [1.165, 1.54) is 50.5 Å². The van der Waals surface area contributed by atoms with E-state index >= 15 is 0 Å². The number of hydrogen-bond donors (Lipinski definition) is 3. The first kappa shape index (κ1) is 47.0. The van der Waals surface area contributed by atoms with Crippen molar-refractivity contribution in [3.63, 3.8) is 0 Å². The van der Waals surface area contributed by atoms with Crippen molar-refractivity contribution in [2.45, 2.75) is 98.7 Å². The van der Waals surface area contributed by atoms with Gasteiger partial charge >= 0.3 is 0 Å². The molecule has 0 saturated heterocycles. The van der Waals surface area contributed by atoms with E-state index in [1.807, 2.05) is 72.0 Å². The van der Waals surface area contributed by atoms with Crippen molar-refractivity contribution in [2.24, 2.45) is 0 Å². The first-order chi connectivity index (χ1) is 22.7. The van der Waals surface area contributed by atoms with Crippen molar-refractivity contribution in [3.05, 3.63) is 80.5 Å². The van der Waals surface area contributed by atoms with Crippen LogP contribution in [0.4, 0.5) is 5.69 Å². The predicted molar refractivity (Wildman–Crippen MR) is 207 cm³/mol. The second-order valence-electron chi connectivity index (χ2n) is 10.5. The molecule has 1 aromatic heterocycles. The Balaban J connectivity index is 0. The fourth-order valence-corrected chi connectivity index (χ4v) is 6.39. The third-order valence-corrected chi connectivity index (χ3v) is 9.26. The largest absolute Gasteiger partial charge is 0.468 e. The van der Waals surface area contributed by atoms with Gasteiger partial charge in [0.1, 0.15) is 0 Å². The van der Waals surface area contributed by atoms with Crippen LogP contribution in [0.1, 0.15) is 94.9 Å². The number of rotatable bonds is 14. The number of aliphatic hydroxyl groups excluding tert-OH is 2. The van der Waals surface area contributed by atoms with Crippen molar-refractivity contribution in [2.75, 3.05) is 39.3 Å². The van der Waals surface area contributed by atoms with E-state index in [-0.39, 0.29) is 12.2 Å². The molecule has 1 heterocycles. The topological polar surface area (TPSA) is 91.3 Å². The number of anilines is 1. The van der Waals surface area contributed by atoms with Crippen LogP contribution in [0.3, 0.4) is 0 Å². The summed E-state index contributed by atoms with van der Waals surface area (Å²) in [5.74, 6) is 0. The fourth-order valence-electron chi connectivity index (χ4n) is 4.17. The number of aliphatic hydroxyl groups is 2. The van der Waals surface area contributed by atoms with Gasteiger partial charge in [0.15, 0.2) is 0 Å². The number of nitrogens with zero attached hydrogens (tertiary/aromatic N) is 1. The van der Waals surface area contributed by atoms with Crippen LogP contribution in [0.25, 0.3) is 5.57 Å². The van der Waals surface area contributed by atoms with Crippen molar-refractivity contribution < 1.29 is 24.5 Å². The molecule has 47 heavy (non-hydrogen) atoms. The summed E-state index contributed by atoms with van der Waals surface area (Å²) in [6.07, 6.45) is 13.5. The minimum absolute atomic E-state index is 0.0346. The zero-order chi connectivity index (χ0) is 36.1. The Morgan fingerprint density at radius 2 is 1.68 bits per heavy atom. The molecule has 2 aromatic rings. The highest BCUT2D eigenvalue weighted by molar-refractivity contribution is 8.01. The smallest absolute Gasteiger partial charge is 0.293 e. The maximum atomic E-state index is 9.72. The molecule has 0 unspecified atom stereocenters. The molecule has 0 amide bonds. The SMILES string of the molecule is C1CCCCC1.C=C/C(=C(Cl)\C=C(/SNC)N(CC)c1ccccc1)c1cc(C)c(CO)s1.CC.CO.COC(C)(C)CCOC=O. The summed E-state index contributed by atoms with van der Waals surface area (Å²) >= 11 is 9.77. The van der Waals surface area contributed by atoms with E-state index in [4.69, 9.17) is 21.4 Å². The summed E-state index contributed by atoms with van der Waals surface area (Å²) in [4.78, 5) is 13.9. The Morgan fingerprint density at radius 1 is 1.13 bits per heavy atom. The average Bonchev–Trinajstić information content (AvgIpc) is 3.49. The van der Waals surface area contributed by atoms with Gasteiger partial charge in [0, 0.05) is 48.2 Å². The summed E-state index contributed by atoms with van der Waals surface area (Å²) in [5.41, 5.74) is 2.84. The van der Waals surface area contributed by atoms with Crippen LogP contribution in [0.5, 0.6) is 0 Å². The van der Waals surface area contributed by atoms with Crippen LogP contribution in [0, 0.1) is 6.92 Å². The molecular weight excluding hydrogens is 652 g/mol. The number of ether oxygens (including phenoxy) is 2. The molecule has 0 bridgehead atoms. The van der Waals surface area contributed by atoms with Crippen LogP contribution in [0.2, 0.25) is 0 Å². The van der Waals surface area contributed by atoms with Crippen LogP contribution >= 0.6 is 34.9 Å². The van der Waals surface area contributed by atoms with Crippen molar-refractivity contribution >= 4 is 52.6 Å². The van der Waals surface area contributed by atoms with Gasteiger partial charge in [-0.1, -0.05) is 94.8 Å². The summed E-state index contributed by atoms with van der Waals surface area (Å²) in [6, 6.07) is 12.3. The Hall–Kier alpha value is -2.11. The number of halogens is 1. The van der Waals surface area contributed by atoms with E-state index in [0.717, 1.165) is 51.7 Å². The second-order valence-corrected chi connectivity index (χ2v) is 13.1. The van der Waals surface area contributed by atoms with E-state index < -0.39 is 0 Å². The van der Waals surface area contributed by atoms with Gasteiger partial charge < -0.3 is 24.6 Å². The lowest BCUT2D eigenvalue weighted by Crippen LogP contribution is -2.24. The number of allylic oxidation sites excluding steroid dienone is 4. The van der Waals surface area contributed by atoms with Gasteiger partial charge in [0.25, 0.3) is 6.47 Å². The van der Waals surface area contributed by atoms with E-state index in [9.17, 15) is 9.90 Å². The fraction of sp³-hybridized carbons (Fsp3) is 0.541. The van der Waals surface area contributed by atoms with E-state index in [0.29, 0.717) is 18.1 Å². The number of methoxy groups -OCH3 is 1. The lowest BCUT2D eigenvalue weighted by molar-refractivity contribution is -0.130. The molecule has 0 radical (unpaired) electrons. The maximum Gasteiger partial charge on any atom is 0.293 e. The summed E-state index contributed by atoms with van der Waals surface area (Å²) in [5, 5.41) is 18.1. The predicted octanol–water partition coefficient (Wildman–Crippen LogP) is 9.87. The molecule has 3 rings (SSSR count). The number of para-hydroxylation sites is 1. The van der Waals surface area contributed by atoms with Gasteiger partial charge in [-0.2, -0.15) is 0 Å². The molecule has 1 aromatic carbocycles. The highest BCUT2D eigenvalue weighted by Gasteiger charge is 2.16. The van der Waals surface area contributed by atoms with Gasteiger partial charge in [0.05, 0.1) is 28.9 Å². The quantitative estimate of drug-likeness (QED) is 0.0772. The number of thiophene rings is 1. The van der Waals surface area contributed by atoms with Crippen molar-refractivity contribution in [1.82, 2.24) is 4.72 Å². The van der Waals surface area contributed by atoms with Crippen LogP contribution < -0.4 is 9.62 Å². The monoisotopic (exact) mass is 712 g/mol. The van der Waals surface area contributed by atoms with Crippen LogP contribution in [0.15, 0.2) is 65.2 Å². The average molecular weight is 713 g/mol. The molecule has 0 aliphatic heterocycles.